The lowest BCUT2D eigenvalue weighted by Gasteiger charge is -2.24. The first-order chi connectivity index (χ1) is 10.6. The molecule has 2 nitrogen and oxygen atoms in total. The summed E-state index contributed by atoms with van der Waals surface area (Å²) in [4.78, 5) is 25.9. The number of rotatable bonds is 10. The molecule has 0 saturated heterocycles. The first kappa shape index (κ1) is 18.9. The molecule has 1 aliphatic rings. The Morgan fingerprint density at radius 1 is 0.500 bits per heavy atom. The SMILES string of the molecule is CCCCC1=C(CCCC)C(=O)C(CCC)=C(CCC)C1=O. The highest BCUT2D eigenvalue weighted by Crippen LogP contribution is 2.34. The number of hydrogen-bond donors (Lipinski definition) is 0. The van der Waals surface area contributed by atoms with E-state index in [-0.39, 0.29) is 11.6 Å². The van der Waals surface area contributed by atoms with E-state index >= 15 is 0 Å². The number of carbonyl (C=O) groups excluding carboxylic acids is 2. The van der Waals surface area contributed by atoms with Gasteiger partial charge >= 0.3 is 0 Å². The van der Waals surface area contributed by atoms with Gasteiger partial charge in [-0.15, -0.1) is 0 Å². The molecule has 0 spiro atoms. The molecule has 2 heteroatoms. The molecular weight excluding hydrogens is 272 g/mol. The molecule has 0 aliphatic heterocycles. The van der Waals surface area contributed by atoms with Crippen molar-refractivity contribution in [3.63, 3.8) is 0 Å². The Morgan fingerprint density at radius 2 is 0.818 bits per heavy atom. The Kier molecular flexibility index (Phi) is 8.37. The molecule has 1 rings (SSSR count). The third-order valence-corrected chi connectivity index (χ3v) is 4.39. The van der Waals surface area contributed by atoms with E-state index in [4.69, 9.17) is 0 Å². The number of unbranched alkanes of at least 4 members (excludes halogenated alkanes) is 2. The molecule has 0 bridgehead atoms. The summed E-state index contributed by atoms with van der Waals surface area (Å²) in [5, 5.41) is 0. The Labute approximate surface area is 136 Å². The molecule has 1 aliphatic carbocycles. The van der Waals surface area contributed by atoms with Gasteiger partial charge in [0.05, 0.1) is 0 Å². The second-order valence-corrected chi connectivity index (χ2v) is 6.28. The van der Waals surface area contributed by atoms with Gasteiger partial charge in [-0.1, -0.05) is 53.4 Å². The maximum Gasteiger partial charge on any atom is 0.185 e. The Hall–Kier alpha value is -1.18. The molecule has 0 heterocycles. The molecule has 0 N–H and O–H groups in total. The first-order valence-electron chi connectivity index (χ1n) is 9.15. The van der Waals surface area contributed by atoms with Gasteiger partial charge in [0.1, 0.15) is 0 Å². The van der Waals surface area contributed by atoms with Crippen molar-refractivity contribution in [2.24, 2.45) is 0 Å². The first-order valence-corrected chi connectivity index (χ1v) is 9.15. The topological polar surface area (TPSA) is 34.1 Å². The molecule has 22 heavy (non-hydrogen) atoms. The minimum Gasteiger partial charge on any atom is -0.289 e. The molecule has 0 aromatic heterocycles. The molecule has 0 saturated carbocycles. The van der Waals surface area contributed by atoms with Crippen LogP contribution in [-0.4, -0.2) is 11.6 Å². The second-order valence-electron chi connectivity index (χ2n) is 6.28. The fourth-order valence-electron chi connectivity index (χ4n) is 3.18. The number of carbonyl (C=O) groups is 2. The predicted molar refractivity (Wildman–Crippen MR) is 92.9 cm³/mol. The summed E-state index contributed by atoms with van der Waals surface area (Å²) < 4.78 is 0. The second kappa shape index (κ2) is 9.76. The highest BCUT2D eigenvalue weighted by molar-refractivity contribution is 6.25. The molecular formula is C20H32O2. The van der Waals surface area contributed by atoms with Crippen molar-refractivity contribution < 1.29 is 9.59 Å². The van der Waals surface area contributed by atoms with E-state index in [2.05, 4.69) is 27.7 Å². The van der Waals surface area contributed by atoms with Gasteiger partial charge in [-0.05, 0) is 38.5 Å². The van der Waals surface area contributed by atoms with Gasteiger partial charge in [-0.2, -0.15) is 0 Å². The minimum absolute atomic E-state index is 0.185. The van der Waals surface area contributed by atoms with Crippen LogP contribution in [0.3, 0.4) is 0 Å². The molecule has 0 aromatic rings. The van der Waals surface area contributed by atoms with Crippen LogP contribution in [0.5, 0.6) is 0 Å². The molecule has 0 amide bonds. The van der Waals surface area contributed by atoms with Crippen molar-refractivity contribution in [2.75, 3.05) is 0 Å². The molecule has 0 aromatic carbocycles. The van der Waals surface area contributed by atoms with Crippen molar-refractivity contribution in [3.8, 4) is 0 Å². The normalized spacial score (nSPS) is 16.0. The molecule has 0 atom stereocenters. The summed E-state index contributed by atoms with van der Waals surface area (Å²) in [6.45, 7) is 8.42. The summed E-state index contributed by atoms with van der Waals surface area (Å²) in [5.74, 6) is 0.369. The van der Waals surface area contributed by atoms with Crippen LogP contribution in [-0.2, 0) is 9.59 Å². The standard InChI is InChI=1S/C20H32O2/c1-5-9-13-17-18(14-10-6-2)20(22)16(12-8-4)15(11-7-3)19(17)21/h5-14H2,1-4H3. The lowest BCUT2D eigenvalue weighted by Crippen LogP contribution is -2.24. The van der Waals surface area contributed by atoms with Gasteiger partial charge in [0, 0.05) is 22.3 Å². The zero-order chi connectivity index (χ0) is 16.5. The fourth-order valence-corrected chi connectivity index (χ4v) is 3.18. The summed E-state index contributed by atoms with van der Waals surface area (Å²) in [6, 6.07) is 0. The zero-order valence-electron chi connectivity index (χ0n) is 14.9. The third-order valence-electron chi connectivity index (χ3n) is 4.39. The maximum absolute atomic E-state index is 13.0. The van der Waals surface area contributed by atoms with Crippen LogP contribution in [0.1, 0.15) is 91.9 Å². The highest BCUT2D eigenvalue weighted by atomic mass is 16.1. The van der Waals surface area contributed by atoms with Crippen molar-refractivity contribution in [3.05, 3.63) is 22.3 Å². The van der Waals surface area contributed by atoms with E-state index < -0.39 is 0 Å². The molecule has 0 fully saturated rings. The van der Waals surface area contributed by atoms with Crippen LogP contribution >= 0.6 is 0 Å². The summed E-state index contributed by atoms with van der Waals surface area (Å²) >= 11 is 0. The third kappa shape index (κ3) is 4.41. The van der Waals surface area contributed by atoms with Crippen molar-refractivity contribution in [1.29, 1.82) is 0 Å². The number of allylic oxidation sites excluding steroid dienone is 4. The van der Waals surface area contributed by atoms with Crippen LogP contribution in [0.4, 0.5) is 0 Å². The predicted octanol–water partition coefficient (Wildman–Crippen LogP) is 5.71. The van der Waals surface area contributed by atoms with Crippen molar-refractivity contribution >= 4 is 11.6 Å². The van der Waals surface area contributed by atoms with Gasteiger partial charge in [-0.25, -0.2) is 0 Å². The average molecular weight is 304 g/mol. The zero-order valence-corrected chi connectivity index (χ0v) is 14.9. The van der Waals surface area contributed by atoms with E-state index in [1.165, 1.54) is 0 Å². The minimum atomic E-state index is 0.185. The average Bonchev–Trinajstić information content (AvgIpc) is 2.51. The van der Waals surface area contributed by atoms with E-state index in [0.29, 0.717) is 0 Å². The largest absolute Gasteiger partial charge is 0.289 e. The number of Topliss-reactive ketones (excluding diaryl/α,β-unsaturated/α-hetero) is 2. The molecule has 0 radical (unpaired) electrons. The van der Waals surface area contributed by atoms with Gasteiger partial charge in [0.2, 0.25) is 0 Å². The van der Waals surface area contributed by atoms with E-state index in [1.807, 2.05) is 0 Å². The van der Waals surface area contributed by atoms with Gasteiger partial charge in [0.15, 0.2) is 11.6 Å². The van der Waals surface area contributed by atoms with Gasteiger partial charge in [0.25, 0.3) is 0 Å². The maximum atomic E-state index is 13.0. The van der Waals surface area contributed by atoms with E-state index in [9.17, 15) is 9.59 Å². The van der Waals surface area contributed by atoms with Crippen molar-refractivity contribution in [1.82, 2.24) is 0 Å². The van der Waals surface area contributed by atoms with Crippen molar-refractivity contribution in [2.45, 2.75) is 91.9 Å². The molecule has 0 unspecified atom stereocenters. The fraction of sp³-hybridized carbons (Fsp3) is 0.700. The quantitative estimate of drug-likeness (QED) is 0.484. The van der Waals surface area contributed by atoms with Crippen LogP contribution in [0.25, 0.3) is 0 Å². The Morgan fingerprint density at radius 3 is 1.09 bits per heavy atom. The number of ketones is 2. The van der Waals surface area contributed by atoms with E-state index in [1.54, 1.807) is 0 Å². The van der Waals surface area contributed by atoms with Crippen LogP contribution in [0, 0.1) is 0 Å². The molecule has 124 valence electrons. The van der Waals surface area contributed by atoms with Crippen LogP contribution in [0.2, 0.25) is 0 Å². The lowest BCUT2D eigenvalue weighted by molar-refractivity contribution is -0.117. The van der Waals surface area contributed by atoms with Crippen LogP contribution < -0.4 is 0 Å². The summed E-state index contributed by atoms with van der Waals surface area (Å²) in [6.07, 6.45) is 8.98. The summed E-state index contributed by atoms with van der Waals surface area (Å²) in [5.41, 5.74) is 3.31. The monoisotopic (exact) mass is 304 g/mol. The van der Waals surface area contributed by atoms with E-state index in [0.717, 1.165) is 86.5 Å². The Balaban J connectivity index is 3.23. The summed E-state index contributed by atoms with van der Waals surface area (Å²) in [7, 11) is 0. The van der Waals surface area contributed by atoms with Gasteiger partial charge < -0.3 is 0 Å². The lowest BCUT2D eigenvalue weighted by atomic mass is 9.78. The Bertz CT molecular complexity index is 424. The highest BCUT2D eigenvalue weighted by Gasteiger charge is 2.32. The number of hydrogen-bond acceptors (Lipinski definition) is 2. The van der Waals surface area contributed by atoms with Gasteiger partial charge in [-0.3, -0.25) is 9.59 Å². The van der Waals surface area contributed by atoms with Crippen LogP contribution in [0.15, 0.2) is 22.3 Å². The smallest absolute Gasteiger partial charge is 0.185 e.